The van der Waals surface area contributed by atoms with Crippen LogP contribution >= 0.6 is 22.6 Å². The predicted molar refractivity (Wildman–Crippen MR) is 58.6 cm³/mol. The van der Waals surface area contributed by atoms with Gasteiger partial charge in [-0.2, -0.15) is 57.1 Å². The van der Waals surface area contributed by atoms with Crippen LogP contribution in [-0.2, 0) is 0 Å². The first-order valence-corrected chi connectivity index (χ1v) is 6.70. The molecule has 0 aromatic rings. The van der Waals surface area contributed by atoms with Gasteiger partial charge in [-0.25, -0.2) is 0 Å². The van der Waals surface area contributed by atoms with Gasteiger partial charge in [-0.05, 0) is 6.42 Å². The summed E-state index contributed by atoms with van der Waals surface area (Å²) in [6.45, 7) is 0. The van der Waals surface area contributed by atoms with Crippen molar-refractivity contribution in [2.75, 3.05) is 4.43 Å². The minimum atomic E-state index is -7.83. The molecule has 0 fully saturated rings. The maximum atomic E-state index is 13.0. The van der Waals surface area contributed by atoms with Gasteiger partial charge in [-0.3, -0.25) is 0 Å². The van der Waals surface area contributed by atoms with E-state index in [0.717, 1.165) is 0 Å². The van der Waals surface area contributed by atoms with Crippen LogP contribution in [0.1, 0.15) is 6.42 Å². The van der Waals surface area contributed by atoms with E-state index in [0.29, 0.717) is 0 Å². The molecule has 0 bridgehead atoms. The molecule has 0 nitrogen and oxygen atoms in total. The van der Waals surface area contributed by atoms with Crippen LogP contribution in [0.4, 0.5) is 57.1 Å². The molecule has 0 amide bonds. The fourth-order valence-corrected chi connectivity index (χ4v) is 1.46. The maximum Gasteiger partial charge on any atom is 0.460 e. The van der Waals surface area contributed by atoms with Crippen LogP contribution in [0.15, 0.2) is 0 Å². The third-order valence-corrected chi connectivity index (χ3v) is 3.09. The van der Waals surface area contributed by atoms with Gasteiger partial charge < -0.3 is 0 Å². The van der Waals surface area contributed by atoms with Gasteiger partial charge in [0, 0.05) is 10.8 Å². The zero-order valence-corrected chi connectivity index (χ0v) is 12.4. The number of hydrogen-bond acceptors (Lipinski definition) is 0. The lowest BCUT2D eigenvalue weighted by atomic mass is 9.92. The molecule has 0 spiro atoms. The fourth-order valence-electron chi connectivity index (χ4n) is 1.15. The lowest BCUT2D eigenvalue weighted by Crippen LogP contribution is -2.70. The summed E-state index contributed by atoms with van der Waals surface area (Å²) in [5.41, 5.74) is 0. The van der Waals surface area contributed by atoms with E-state index in [1.165, 1.54) is 22.6 Å². The first kappa shape index (κ1) is 22.8. The lowest BCUT2D eigenvalue weighted by molar-refractivity contribution is -0.437. The highest BCUT2D eigenvalue weighted by molar-refractivity contribution is 14.1. The highest BCUT2D eigenvalue weighted by Crippen LogP contribution is 2.60. The normalized spacial score (nSPS) is 15.9. The van der Waals surface area contributed by atoms with Crippen molar-refractivity contribution in [1.82, 2.24) is 0 Å². The van der Waals surface area contributed by atoms with Gasteiger partial charge in [0.25, 0.3) is 0 Å². The molecule has 0 N–H and O–H groups in total. The first-order valence-electron chi connectivity index (χ1n) is 5.17. The van der Waals surface area contributed by atoms with Gasteiger partial charge in [0.2, 0.25) is 0 Å². The molecule has 0 rings (SSSR count). The second-order valence-corrected chi connectivity index (χ2v) is 5.18. The number of halogens is 14. The summed E-state index contributed by atoms with van der Waals surface area (Å²) in [6.07, 6.45) is -9.27. The average Bonchev–Trinajstić information content (AvgIpc) is 2.34. The molecule has 0 atom stereocenters. The lowest BCUT2D eigenvalue weighted by Gasteiger charge is -2.39. The van der Waals surface area contributed by atoms with Crippen molar-refractivity contribution in [2.24, 2.45) is 0 Å². The Balaban J connectivity index is 6.03. The van der Waals surface area contributed by atoms with Crippen molar-refractivity contribution in [1.29, 1.82) is 0 Å². The highest BCUT2D eigenvalue weighted by Gasteiger charge is 2.90. The van der Waals surface area contributed by atoms with Crippen LogP contribution in [0.5, 0.6) is 0 Å². The van der Waals surface area contributed by atoms with Crippen LogP contribution < -0.4 is 0 Å². The molecule has 23 heavy (non-hydrogen) atoms. The maximum absolute atomic E-state index is 13.0. The minimum absolute atomic E-state index is 0.371. The summed E-state index contributed by atoms with van der Waals surface area (Å²) >= 11 is 1.30. The Morgan fingerprint density at radius 3 is 1.22 bits per heavy atom. The molecule has 0 aliphatic heterocycles. The molecule has 0 aromatic carbocycles. The summed E-state index contributed by atoms with van der Waals surface area (Å²) < 4.78 is 163. The van der Waals surface area contributed by atoms with Crippen LogP contribution in [0, 0.1) is 6.42 Å². The molecule has 0 aromatic heterocycles. The Bertz CT molecular complexity index is 410. The number of alkyl halides is 14. The third kappa shape index (κ3) is 3.45. The molecular formula is C9H5F13I. The van der Waals surface area contributed by atoms with Gasteiger partial charge in [-0.1, -0.05) is 22.6 Å². The molecule has 14 heteroatoms. The largest absolute Gasteiger partial charge is 0.460 e. The average molecular weight is 487 g/mol. The summed E-state index contributed by atoms with van der Waals surface area (Å²) in [6, 6.07) is 0. The van der Waals surface area contributed by atoms with E-state index in [-0.39, 0.29) is 4.43 Å². The zero-order chi connectivity index (χ0) is 19.1. The SMILES string of the molecule is FC(F)(F)C(F)(F)C(F)(F)C(F)(F)C(F)(F)C(F)(F)[CH]CCI. The van der Waals surface area contributed by atoms with Gasteiger partial charge >= 0.3 is 35.8 Å². The fraction of sp³-hybridized carbons (Fsp3) is 0.889. The van der Waals surface area contributed by atoms with Crippen LogP contribution in [-0.4, -0.2) is 40.2 Å². The van der Waals surface area contributed by atoms with Crippen molar-refractivity contribution in [3.8, 4) is 0 Å². The number of hydrogen-bond donors (Lipinski definition) is 0. The Kier molecular flexibility index (Phi) is 6.23. The van der Waals surface area contributed by atoms with Crippen molar-refractivity contribution in [3.63, 3.8) is 0 Å². The molecule has 0 saturated carbocycles. The van der Waals surface area contributed by atoms with E-state index < -0.39 is 48.6 Å². The Hall–Kier alpha value is -0.180. The van der Waals surface area contributed by atoms with E-state index in [1.54, 1.807) is 0 Å². The quantitative estimate of drug-likeness (QED) is 0.244. The molecule has 139 valence electrons. The van der Waals surface area contributed by atoms with E-state index in [9.17, 15) is 57.1 Å². The molecule has 0 saturated heterocycles. The third-order valence-electron chi connectivity index (χ3n) is 2.47. The summed E-state index contributed by atoms with van der Waals surface area (Å²) in [4.78, 5) is 0. The molecular weight excluding hydrogens is 482 g/mol. The Morgan fingerprint density at radius 1 is 0.565 bits per heavy atom. The van der Waals surface area contributed by atoms with Crippen LogP contribution in [0.25, 0.3) is 0 Å². The smallest absolute Gasteiger partial charge is 0.199 e. The summed E-state index contributed by atoms with van der Waals surface area (Å²) in [5, 5.41) is 0. The molecule has 0 unspecified atom stereocenters. The van der Waals surface area contributed by atoms with Gasteiger partial charge in [0.05, 0.1) is 0 Å². The number of rotatable bonds is 7. The van der Waals surface area contributed by atoms with E-state index in [2.05, 4.69) is 0 Å². The van der Waals surface area contributed by atoms with Crippen molar-refractivity contribution >= 4 is 22.6 Å². The summed E-state index contributed by atoms with van der Waals surface area (Å²) in [5.74, 6) is -36.5. The van der Waals surface area contributed by atoms with E-state index in [4.69, 9.17) is 0 Å². The van der Waals surface area contributed by atoms with E-state index >= 15 is 0 Å². The predicted octanol–water partition coefficient (Wildman–Crippen LogP) is 5.75. The second kappa shape index (κ2) is 6.28. The van der Waals surface area contributed by atoms with Crippen molar-refractivity contribution < 1.29 is 57.1 Å². The topological polar surface area (TPSA) is 0 Å². The van der Waals surface area contributed by atoms with Gasteiger partial charge in [-0.15, -0.1) is 0 Å². The summed E-state index contributed by atoms with van der Waals surface area (Å²) in [7, 11) is 0. The zero-order valence-electron chi connectivity index (χ0n) is 10.3. The van der Waals surface area contributed by atoms with Crippen molar-refractivity contribution in [3.05, 3.63) is 6.42 Å². The van der Waals surface area contributed by atoms with Crippen LogP contribution in [0.3, 0.4) is 0 Å². The van der Waals surface area contributed by atoms with Crippen LogP contribution in [0.2, 0.25) is 0 Å². The Labute approximate surface area is 133 Å². The minimum Gasteiger partial charge on any atom is -0.199 e. The Morgan fingerprint density at radius 2 is 0.913 bits per heavy atom. The first-order chi connectivity index (χ1) is 9.81. The van der Waals surface area contributed by atoms with Gasteiger partial charge in [0.15, 0.2) is 0 Å². The molecule has 0 aliphatic carbocycles. The van der Waals surface area contributed by atoms with Gasteiger partial charge in [0.1, 0.15) is 0 Å². The van der Waals surface area contributed by atoms with E-state index in [1.807, 2.05) is 0 Å². The monoisotopic (exact) mass is 487 g/mol. The highest BCUT2D eigenvalue weighted by atomic mass is 127. The molecule has 1 radical (unpaired) electrons. The molecule has 0 aliphatic rings. The molecule has 0 heterocycles. The second-order valence-electron chi connectivity index (χ2n) is 4.10. The van der Waals surface area contributed by atoms with Crippen molar-refractivity contribution in [2.45, 2.75) is 42.2 Å². The standard InChI is InChI=1S/C9H5F13I/c10-4(11,2-1-3-23)5(12,13)6(14,15)7(16,17)8(18,19)9(20,21)22/h2H,1,3H2.